The number of carbonyl (C=O) groups is 5. The molecule has 1 aliphatic heterocycles. The summed E-state index contributed by atoms with van der Waals surface area (Å²) in [5, 5.41) is 11.7. The van der Waals surface area contributed by atoms with E-state index in [1.54, 1.807) is 18.7 Å². The van der Waals surface area contributed by atoms with Crippen molar-refractivity contribution in [3.63, 3.8) is 0 Å². The van der Waals surface area contributed by atoms with E-state index in [0.29, 0.717) is 45.1 Å². The number of fused-ring (bicyclic) bond motifs is 1. The Bertz CT molecular complexity index is 1560. The molecule has 5 amide bonds. The van der Waals surface area contributed by atoms with Crippen LogP contribution < -0.4 is 21.3 Å². The molecule has 0 spiro atoms. The van der Waals surface area contributed by atoms with Gasteiger partial charge in [0, 0.05) is 13.1 Å². The summed E-state index contributed by atoms with van der Waals surface area (Å²) >= 11 is 0. The number of amides is 5. The highest BCUT2D eigenvalue weighted by atomic mass is 32.2. The van der Waals surface area contributed by atoms with Gasteiger partial charge in [-0.2, -0.15) is 0 Å². The van der Waals surface area contributed by atoms with Gasteiger partial charge >= 0.3 is 6.03 Å². The van der Waals surface area contributed by atoms with Crippen LogP contribution in [0.2, 0.25) is 0 Å². The van der Waals surface area contributed by atoms with Gasteiger partial charge in [0.2, 0.25) is 17.6 Å². The zero-order valence-corrected chi connectivity index (χ0v) is 34.5. The minimum atomic E-state index is -3.58. The molecule has 4 aliphatic carbocycles. The summed E-state index contributed by atoms with van der Waals surface area (Å²) in [5.41, 5.74) is -1.73. The van der Waals surface area contributed by atoms with Crippen LogP contribution in [0.1, 0.15) is 138 Å². The number of nitrogens with one attached hydrogen (secondary N) is 4. The molecule has 54 heavy (non-hydrogen) atoms. The van der Waals surface area contributed by atoms with Crippen LogP contribution in [0.4, 0.5) is 4.79 Å². The summed E-state index contributed by atoms with van der Waals surface area (Å²) in [6.45, 7) is 15.6. The Morgan fingerprint density at radius 3 is 2.07 bits per heavy atom. The number of likely N-dealkylation sites (tertiary alicyclic amines) is 1. The quantitative estimate of drug-likeness (QED) is 0.127. The van der Waals surface area contributed by atoms with Crippen LogP contribution in [0.25, 0.3) is 0 Å². The van der Waals surface area contributed by atoms with E-state index in [9.17, 15) is 32.4 Å². The molecule has 0 bridgehead atoms. The third-order valence-electron chi connectivity index (χ3n) is 14.4. The zero-order chi connectivity index (χ0) is 39.7. The summed E-state index contributed by atoms with van der Waals surface area (Å²) < 4.78 is 26.4. The molecular formula is C41H67N5O7S. The Kier molecular flexibility index (Phi) is 12.7. The minimum absolute atomic E-state index is 0.0696. The lowest BCUT2D eigenvalue weighted by molar-refractivity contribution is -0.146. The number of hydrogen-bond acceptors (Lipinski definition) is 7. The Morgan fingerprint density at radius 2 is 1.52 bits per heavy atom. The first-order valence-corrected chi connectivity index (χ1v) is 22.3. The van der Waals surface area contributed by atoms with Gasteiger partial charge in [-0.1, -0.05) is 91.6 Å². The normalized spacial score (nSPS) is 26.9. The second-order valence-corrected chi connectivity index (χ2v) is 21.4. The maximum atomic E-state index is 15.0. The fourth-order valence-corrected chi connectivity index (χ4v) is 11.8. The van der Waals surface area contributed by atoms with Crippen molar-refractivity contribution in [2.75, 3.05) is 18.8 Å². The number of carbonyl (C=O) groups excluding carboxylic acids is 5. The lowest BCUT2D eigenvalue weighted by Crippen LogP contribution is -2.65. The van der Waals surface area contributed by atoms with Crippen molar-refractivity contribution in [3.8, 4) is 0 Å². The van der Waals surface area contributed by atoms with E-state index in [1.807, 2.05) is 13.8 Å². The van der Waals surface area contributed by atoms with Crippen LogP contribution in [0.15, 0.2) is 12.7 Å². The molecule has 13 heteroatoms. The van der Waals surface area contributed by atoms with E-state index in [1.165, 1.54) is 6.08 Å². The number of sulfone groups is 1. The van der Waals surface area contributed by atoms with Gasteiger partial charge in [0.25, 0.3) is 5.91 Å². The molecule has 1 unspecified atom stereocenters. The SMILES string of the molecule is C=CCNC(=O)C(=O)C(CC1CCC1)NC(=O)[C@@H]1[C@@H]2[C@H](CN1C(=O)[C@@H](NC(=O)NC1(CS(=O)(=O)C(C)(C)CC)CCCCC1)C1(C)CCCCC1)C2(C)C. The van der Waals surface area contributed by atoms with Crippen molar-refractivity contribution in [1.29, 1.82) is 0 Å². The van der Waals surface area contributed by atoms with Gasteiger partial charge in [0.15, 0.2) is 9.84 Å². The lowest BCUT2D eigenvalue weighted by Gasteiger charge is -2.44. The molecule has 5 aliphatic rings. The van der Waals surface area contributed by atoms with Crippen molar-refractivity contribution in [2.45, 2.75) is 166 Å². The Hall–Kier alpha value is -2.96. The molecule has 12 nitrogen and oxygen atoms in total. The van der Waals surface area contributed by atoms with Crippen LogP contribution >= 0.6 is 0 Å². The number of piperidine rings is 1. The average Bonchev–Trinajstić information content (AvgIpc) is 3.40. The first kappa shape index (κ1) is 42.2. The molecule has 0 aromatic heterocycles. The maximum absolute atomic E-state index is 15.0. The fraction of sp³-hybridized carbons (Fsp3) is 0.829. The smallest absolute Gasteiger partial charge is 0.315 e. The number of urea groups is 1. The van der Waals surface area contributed by atoms with Crippen LogP contribution in [0.5, 0.6) is 0 Å². The van der Waals surface area contributed by atoms with Crippen molar-refractivity contribution < 1.29 is 32.4 Å². The molecule has 5 fully saturated rings. The fourth-order valence-electron chi connectivity index (χ4n) is 9.84. The third-order valence-corrected chi connectivity index (χ3v) is 17.3. The molecule has 304 valence electrons. The average molecular weight is 774 g/mol. The standard InChI is InChI=1S/C41H67N5O7S/c1-8-23-42-35(49)32(47)29(24-27-17-16-18-27)43-34(48)31-30-28(39(30,5)6)25-46(31)36(50)33(40(7)19-12-10-13-20-40)44-37(51)45-41(21-14-11-15-22-41)26-54(52,53)38(3,4)9-2/h8,27-31,33H,1,9-26H2,2-7H3,(H,42,49)(H,43,48)(H2,44,45,51)/t28-,29?,30-,31-,33+/m0/s1. The Morgan fingerprint density at radius 1 is 0.907 bits per heavy atom. The van der Waals surface area contributed by atoms with Crippen LogP contribution in [0, 0.1) is 28.6 Å². The van der Waals surface area contributed by atoms with Gasteiger partial charge in [-0.15, -0.1) is 6.58 Å². The topological polar surface area (TPSA) is 171 Å². The van der Waals surface area contributed by atoms with Crippen molar-refractivity contribution in [1.82, 2.24) is 26.2 Å². The predicted octanol–water partition coefficient (Wildman–Crippen LogP) is 4.96. The highest BCUT2D eigenvalue weighted by Crippen LogP contribution is 2.65. The van der Waals surface area contributed by atoms with Crippen molar-refractivity contribution in [3.05, 3.63) is 12.7 Å². The number of ketones is 1. The molecule has 5 atom stereocenters. The summed E-state index contributed by atoms with van der Waals surface area (Å²) in [7, 11) is -3.58. The largest absolute Gasteiger partial charge is 0.346 e. The first-order valence-electron chi connectivity index (χ1n) is 20.7. The van der Waals surface area contributed by atoms with Gasteiger partial charge < -0.3 is 26.2 Å². The van der Waals surface area contributed by atoms with Crippen LogP contribution in [-0.4, -0.2) is 90.1 Å². The van der Waals surface area contributed by atoms with Crippen LogP contribution in [0.3, 0.4) is 0 Å². The summed E-state index contributed by atoms with van der Waals surface area (Å²) in [4.78, 5) is 71.4. The van der Waals surface area contributed by atoms with Gasteiger partial charge in [0.1, 0.15) is 12.1 Å². The monoisotopic (exact) mass is 773 g/mol. The predicted molar refractivity (Wildman–Crippen MR) is 209 cm³/mol. The van der Waals surface area contributed by atoms with Crippen molar-refractivity contribution >= 4 is 39.4 Å². The van der Waals surface area contributed by atoms with E-state index >= 15 is 0 Å². The second-order valence-electron chi connectivity index (χ2n) is 18.8. The maximum Gasteiger partial charge on any atom is 0.315 e. The molecule has 0 radical (unpaired) electrons. The Balaban J connectivity index is 1.40. The minimum Gasteiger partial charge on any atom is -0.346 e. The molecule has 0 aromatic carbocycles. The van der Waals surface area contributed by atoms with E-state index in [-0.39, 0.29) is 41.4 Å². The molecule has 5 rings (SSSR count). The van der Waals surface area contributed by atoms with E-state index in [0.717, 1.165) is 57.8 Å². The molecule has 4 N–H and O–H groups in total. The van der Waals surface area contributed by atoms with E-state index < -0.39 is 67.3 Å². The van der Waals surface area contributed by atoms with E-state index in [4.69, 9.17) is 0 Å². The number of hydrogen-bond donors (Lipinski definition) is 4. The molecule has 1 heterocycles. The summed E-state index contributed by atoms with van der Waals surface area (Å²) in [6, 6.07) is -3.39. The second kappa shape index (κ2) is 16.3. The third kappa shape index (κ3) is 8.70. The lowest BCUT2D eigenvalue weighted by atomic mass is 9.70. The molecule has 4 saturated carbocycles. The molecule has 1 saturated heterocycles. The number of nitrogens with zero attached hydrogens (tertiary/aromatic N) is 1. The zero-order valence-electron chi connectivity index (χ0n) is 33.7. The summed E-state index contributed by atoms with van der Waals surface area (Å²) in [5.74, 6) is -2.26. The van der Waals surface area contributed by atoms with Gasteiger partial charge in [-0.3, -0.25) is 19.2 Å². The van der Waals surface area contributed by atoms with Gasteiger partial charge in [-0.05, 0) is 81.0 Å². The highest BCUT2D eigenvalue weighted by Gasteiger charge is 2.70. The molecular weight excluding hydrogens is 707 g/mol. The highest BCUT2D eigenvalue weighted by molar-refractivity contribution is 7.92. The van der Waals surface area contributed by atoms with Gasteiger partial charge in [-0.25, -0.2) is 13.2 Å². The number of Topliss-reactive ketones (excluding diaryl/α,β-unsaturated/α-hetero) is 1. The summed E-state index contributed by atoms with van der Waals surface area (Å²) in [6.07, 6.45) is 13.1. The van der Waals surface area contributed by atoms with Gasteiger partial charge in [0.05, 0.1) is 22.1 Å². The van der Waals surface area contributed by atoms with Crippen LogP contribution in [-0.2, 0) is 29.0 Å². The Labute approximate surface area is 323 Å². The first-order chi connectivity index (χ1) is 25.3. The van der Waals surface area contributed by atoms with E-state index in [2.05, 4.69) is 41.7 Å². The number of rotatable bonds is 16. The molecule has 0 aromatic rings. The van der Waals surface area contributed by atoms with Crippen molar-refractivity contribution in [2.24, 2.45) is 28.6 Å².